The zero-order valence-corrected chi connectivity index (χ0v) is 13.2. The second-order valence-electron chi connectivity index (χ2n) is 5.21. The Kier molecular flexibility index (Phi) is 4.65. The van der Waals surface area contributed by atoms with Gasteiger partial charge in [0.1, 0.15) is 0 Å². The topological polar surface area (TPSA) is 75.7 Å². The molecule has 0 saturated carbocycles. The summed E-state index contributed by atoms with van der Waals surface area (Å²) in [5, 5.41) is 2.61. The number of benzene rings is 1. The van der Waals surface area contributed by atoms with Gasteiger partial charge in [-0.2, -0.15) is 4.31 Å². The summed E-state index contributed by atoms with van der Waals surface area (Å²) in [5.41, 5.74) is 1.14. The van der Waals surface area contributed by atoms with Gasteiger partial charge in [0.05, 0.1) is 17.6 Å². The van der Waals surface area contributed by atoms with E-state index < -0.39 is 10.0 Å². The maximum absolute atomic E-state index is 12.7. The van der Waals surface area contributed by atoms with Crippen molar-refractivity contribution in [3.8, 4) is 0 Å². The van der Waals surface area contributed by atoms with Crippen LogP contribution in [0, 0.1) is 6.92 Å². The van der Waals surface area contributed by atoms with Crippen molar-refractivity contribution in [2.45, 2.75) is 31.8 Å². The Labute approximate surface area is 125 Å². The number of morpholine rings is 1. The average Bonchev–Trinajstić information content (AvgIpc) is 2.40. The molecule has 1 aliphatic rings. The van der Waals surface area contributed by atoms with Gasteiger partial charge in [-0.05, 0) is 31.5 Å². The third kappa shape index (κ3) is 3.61. The highest BCUT2D eigenvalue weighted by atomic mass is 32.2. The Balaban J connectivity index is 2.36. The van der Waals surface area contributed by atoms with Gasteiger partial charge in [0, 0.05) is 25.7 Å². The molecule has 1 heterocycles. The van der Waals surface area contributed by atoms with E-state index in [1.165, 1.54) is 17.3 Å². The quantitative estimate of drug-likeness (QED) is 0.914. The molecule has 1 amide bonds. The van der Waals surface area contributed by atoms with Gasteiger partial charge in [-0.15, -0.1) is 0 Å². The first-order chi connectivity index (χ1) is 9.80. The molecule has 1 saturated heterocycles. The summed E-state index contributed by atoms with van der Waals surface area (Å²) < 4.78 is 32.3. The zero-order chi connectivity index (χ0) is 15.6. The molecular formula is C14H20N2O4S. The SMILES string of the molecule is CC(=O)Nc1ccc(C)c(S(=O)(=O)N2CCOC(C)C2)c1. The Morgan fingerprint density at radius 3 is 2.76 bits per heavy atom. The van der Waals surface area contributed by atoms with Crippen LogP contribution in [0.4, 0.5) is 5.69 Å². The molecule has 1 aliphatic heterocycles. The normalized spacial score (nSPS) is 20.2. The number of ether oxygens (including phenoxy) is 1. The summed E-state index contributed by atoms with van der Waals surface area (Å²) in [6.07, 6.45) is -0.118. The molecule has 7 heteroatoms. The van der Waals surface area contributed by atoms with Crippen molar-refractivity contribution in [2.24, 2.45) is 0 Å². The van der Waals surface area contributed by atoms with Gasteiger partial charge in [-0.1, -0.05) is 6.07 Å². The predicted octanol–water partition coefficient (Wildman–Crippen LogP) is 1.36. The van der Waals surface area contributed by atoms with E-state index in [1.807, 2.05) is 6.92 Å². The Hall–Kier alpha value is -1.44. The summed E-state index contributed by atoms with van der Waals surface area (Å²) in [6.45, 7) is 6.06. The van der Waals surface area contributed by atoms with Crippen LogP contribution in [0.15, 0.2) is 23.1 Å². The molecule has 6 nitrogen and oxygen atoms in total. The van der Waals surface area contributed by atoms with Crippen LogP contribution < -0.4 is 5.32 Å². The first-order valence-corrected chi connectivity index (χ1v) is 8.24. The van der Waals surface area contributed by atoms with Crippen LogP contribution in [-0.4, -0.2) is 44.4 Å². The molecule has 1 fully saturated rings. The van der Waals surface area contributed by atoms with Gasteiger partial charge in [0.25, 0.3) is 0 Å². The van der Waals surface area contributed by atoms with Gasteiger partial charge in [-0.25, -0.2) is 8.42 Å². The third-order valence-electron chi connectivity index (χ3n) is 3.33. The van der Waals surface area contributed by atoms with E-state index in [9.17, 15) is 13.2 Å². The minimum absolute atomic E-state index is 0.118. The van der Waals surface area contributed by atoms with Crippen molar-refractivity contribution >= 4 is 21.6 Å². The van der Waals surface area contributed by atoms with Gasteiger partial charge in [0.15, 0.2) is 0 Å². The molecule has 1 N–H and O–H groups in total. The van der Waals surface area contributed by atoms with E-state index in [2.05, 4.69) is 5.32 Å². The van der Waals surface area contributed by atoms with Crippen LogP contribution in [0.25, 0.3) is 0 Å². The van der Waals surface area contributed by atoms with Crippen LogP contribution in [0.3, 0.4) is 0 Å². The minimum Gasteiger partial charge on any atom is -0.376 e. The van der Waals surface area contributed by atoms with E-state index in [0.717, 1.165) is 0 Å². The number of hydrogen-bond acceptors (Lipinski definition) is 4. The molecule has 2 rings (SSSR count). The number of carbonyl (C=O) groups excluding carboxylic acids is 1. The first-order valence-electron chi connectivity index (χ1n) is 6.80. The number of sulfonamides is 1. The maximum Gasteiger partial charge on any atom is 0.243 e. The van der Waals surface area contributed by atoms with Crippen LogP contribution in [0.5, 0.6) is 0 Å². The molecule has 1 unspecified atom stereocenters. The summed E-state index contributed by atoms with van der Waals surface area (Å²) in [7, 11) is -3.58. The fourth-order valence-electron chi connectivity index (χ4n) is 2.30. The number of nitrogens with one attached hydrogen (secondary N) is 1. The molecule has 0 aromatic heterocycles. The Bertz CT molecular complexity index is 642. The molecule has 116 valence electrons. The van der Waals surface area contributed by atoms with Crippen LogP contribution in [0.2, 0.25) is 0 Å². The number of carbonyl (C=O) groups is 1. The fraction of sp³-hybridized carbons (Fsp3) is 0.500. The van der Waals surface area contributed by atoms with E-state index in [0.29, 0.717) is 30.9 Å². The number of nitrogens with zero attached hydrogens (tertiary/aromatic N) is 1. The predicted molar refractivity (Wildman–Crippen MR) is 79.7 cm³/mol. The number of anilines is 1. The molecule has 1 aromatic rings. The average molecular weight is 312 g/mol. The third-order valence-corrected chi connectivity index (χ3v) is 5.34. The molecule has 0 aliphatic carbocycles. The molecular weight excluding hydrogens is 292 g/mol. The monoisotopic (exact) mass is 312 g/mol. The first kappa shape index (κ1) is 15.9. The molecule has 0 spiro atoms. The van der Waals surface area contributed by atoms with Crippen molar-refractivity contribution in [2.75, 3.05) is 25.0 Å². The highest BCUT2D eigenvalue weighted by molar-refractivity contribution is 7.89. The Morgan fingerprint density at radius 2 is 2.14 bits per heavy atom. The van der Waals surface area contributed by atoms with Crippen LogP contribution >= 0.6 is 0 Å². The molecule has 1 aromatic carbocycles. The smallest absolute Gasteiger partial charge is 0.243 e. The molecule has 21 heavy (non-hydrogen) atoms. The van der Waals surface area contributed by atoms with Crippen LogP contribution in [-0.2, 0) is 19.6 Å². The highest BCUT2D eigenvalue weighted by Gasteiger charge is 2.30. The zero-order valence-electron chi connectivity index (χ0n) is 12.4. The van der Waals surface area contributed by atoms with Crippen molar-refractivity contribution in [3.63, 3.8) is 0 Å². The van der Waals surface area contributed by atoms with Gasteiger partial charge in [0.2, 0.25) is 15.9 Å². The van der Waals surface area contributed by atoms with Crippen LogP contribution in [0.1, 0.15) is 19.4 Å². The largest absolute Gasteiger partial charge is 0.376 e. The van der Waals surface area contributed by atoms with Gasteiger partial charge < -0.3 is 10.1 Å². The van der Waals surface area contributed by atoms with Crippen molar-refractivity contribution in [3.05, 3.63) is 23.8 Å². The molecule has 0 bridgehead atoms. The molecule has 0 radical (unpaired) electrons. The van der Waals surface area contributed by atoms with Crippen molar-refractivity contribution in [1.82, 2.24) is 4.31 Å². The van der Waals surface area contributed by atoms with Gasteiger partial charge >= 0.3 is 0 Å². The number of hydrogen-bond donors (Lipinski definition) is 1. The lowest BCUT2D eigenvalue weighted by Crippen LogP contribution is -2.44. The standard InChI is InChI=1S/C14H20N2O4S/c1-10-4-5-13(15-12(3)17)8-14(10)21(18,19)16-6-7-20-11(2)9-16/h4-5,8,11H,6-7,9H2,1-3H3,(H,15,17). The van der Waals surface area contributed by atoms with Crippen molar-refractivity contribution < 1.29 is 17.9 Å². The highest BCUT2D eigenvalue weighted by Crippen LogP contribution is 2.25. The van der Waals surface area contributed by atoms with E-state index in [1.54, 1.807) is 19.1 Å². The maximum atomic E-state index is 12.7. The summed E-state index contributed by atoms with van der Waals surface area (Å²) >= 11 is 0. The fourth-order valence-corrected chi connectivity index (χ4v) is 4.05. The van der Waals surface area contributed by atoms with Gasteiger partial charge in [-0.3, -0.25) is 4.79 Å². The lowest BCUT2D eigenvalue weighted by Gasteiger charge is -2.30. The number of amides is 1. The molecule has 1 atom stereocenters. The van der Waals surface area contributed by atoms with E-state index in [4.69, 9.17) is 4.74 Å². The Morgan fingerprint density at radius 1 is 1.43 bits per heavy atom. The summed E-state index contributed by atoms with van der Waals surface area (Å²) in [6, 6.07) is 4.89. The van der Waals surface area contributed by atoms with Crippen molar-refractivity contribution in [1.29, 1.82) is 0 Å². The summed E-state index contributed by atoms with van der Waals surface area (Å²) in [5.74, 6) is -0.234. The van der Waals surface area contributed by atoms with E-state index in [-0.39, 0.29) is 16.9 Å². The minimum atomic E-state index is -3.58. The lowest BCUT2D eigenvalue weighted by molar-refractivity contribution is -0.114. The number of rotatable bonds is 3. The summed E-state index contributed by atoms with van der Waals surface area (Å²) in [4.78, 5) is 11.3. The second kappa shape index (κ2) is 6.13. The van der Waals surface area contributed by atoms with E-state index >= 15 is 0 Å². The lowest BCUT2D eigenvalue weighted by atomic mass is 10.2. The second-order valence-corrected chi connectivity index (χ2v) is 7.11. The number of aryl methyl sites for hydroxylation is 1.